The van der Waals surface area contributed by atoms with Gasteiger partial charge in [0.1, 0.15) is 0 Å². The number of hydrogen-bond donors (Lipinski definition) is 1. The van der Waals surface area contributed by atoms with Crippen LogP contribution in [0.3, 0.4) is 0 Å². The van der Waals surface area contributed by atoms with Crippen LogP contribution < -0.4 is 5.73 Å². The Morgan fingerprint density at radius 1 is 1.10 bits per heavy atom. The largest absolute Gasteiger partial charge is 0.415 e. The van der Waals surface area contributed by atoms with E-state index in [-0.39, 0.29) is 0 Å². The molecule has 7 heteroatoms. The number of halogens is 3. The molecular weight excluding hydrogens is 271 g/mol. The summed E-state index contributed by atoms with van der Waals surface area (Å²) in [5.74, 6) is -1.01. The maximum Gasteiger partial charge on any atom is 0.415 e. The van der Waals surface area contributed by atoms with Crippen LogP contribution in [0.4, 0.5) is 13.2 Å². The molecule has 2 saturated heterocycles. The molecule has 1 amide bonds. The summed E-state index contributed by atoms with van der Waals surface area (Å²) in [6.45, 7) is 3.61. The predicted octanol–water partition coefficient (Wildman–Crippen LogP) is 1.35. The topological polar surface area (TPSA) is 49.6 Å². The molecule has 2 fully saturated rings. The molecular formula is C13H22F3N3O. The second kappa shape index (κ2) is 5.52. The van der Waals surface area contributed by atoms with Crippen molar-refractivity contribution in [2.75, 3.05) is 26.2 Å². The Labute approximate surface area is 117 Å². The molecule has 2 N–H and O–H groups in total. The molecule has 1 unspecified atom stereocenters. The van der Waals surface area contributed by atoms with Crippen LogP contribution in [-0.4, -0.2) is 59.6 Å². The molecule has 0 aromatic rings. The lowest BCUT2D eigenvalue weighted by molar-refractivity contribution is -0.194. The van der Waals surface area contributed by atoms with E-state index in [4.69, 9.17) is 5.73 Å². The van der Waals surface area contributed by atoms with Crippen LogP contribution in [-0.2, 0) is 4.79 Å². The van der Waals surface area contributed by atoms with Gasteiger partial charge in [-0.15, -0.1) is 0 Å². The van der Waals surface area contributed by atoms with Gasteiger partial charge in [-0.25, -0.2) is 0 Å². The lowest BCUT2D eigenvalue weighted by Gasteiger charge is -2.39. The van der Waals surface area contributed by atoms with Crippen molar-refractivity contribution < 1.29 is 18.0 Å². The Morgan fingerprint density at radius 2 is 1.60 bits per heavy atom. The number of likely N-dealkylation sites (tertiary alicyclic amines) is 2. The van der Waals surface area contributed by atoms with E-state index in [1.165, 1.54) is 17.7 Å². The summed E-state index contributed by atoms with van der Waals surface area (Å²) in [7, 11) is 0. The normalized spacial score (nSPS) is 25.8. The molecule has 2 heterocycles. The average Bonchev–Trinajstić information content (AvgIpc) is 2.90. The van der Waals surface area contributed by atoms with Gasteiger partial charge < -0.3 is 15.5 Å². The van der Waals surface area contributed by atoms with E-state index < -0.39 is 17.6 Å². The van der Waals surface area contributed by atoms with Gasteiger partial charge in [-0.1, -0.05) is 0 Å². The van der Waals surface area contributed by atoms with Crippen molar-refractivity contribution in [3.8, 4) is 0 Å². The standard InChI is InChI=1S/C13H22F3N3O/c1-12(17,13(14,15)16)11(20)19-8-4-10(5-9-19)18-6-2-3-7-18/h10H,2-9,17H2,1H3. The molecule has 0 bridgehead atoms. The Bertz CT molecular complexity index is 356. The maximum atomic E-state index is 12.8. The first kappa shape index (κ1) is 15.6. The van der Waals surface area contributed by atoms with Crippen molar-refractivity contribution in [3.63, 3.8) is 0 Å². The number of nitrogens with two attached hydrogens (primary N) is 1. The van der Waals surface area contributed by atoms with Crippen molar-refractivity contribution in [1.82, 2.24) is 9.80 Å². The minimum atomic E-state index is -4.71. The van der Waals surface area contributed by atoms with Crippen molar-refractivity contribution in [2.24, 2.45) is 5.73 Å². The second-order valence-electron chi connectivity index (χ2n) is 5.97. The van der Waals surface area contributed by atoms with E-state index >= 15 is 0 Å². The number of amides is 1. The fourth-order valence-corrected chi connectivity index (χ4v) is 2.99. The average molecular weight is 293 g/mol. The molecule has 1 atom stereocenters. The van der Waals surface area contributed by atoms with Gasteiger partial charge in [0.15, 0.2) is 5.54 Å². The smallest absolute Gasteiger partial charge is 0.341 e. The van der Waals surface area contributed by atoms with E-state index in [9.17, 15) is 18.0 Å². The van der Waals surface area contributed by atoms with E-state index in [1.807, 2.05) is 0 Å². The second-order valence-corrected chi connectivity index (χ2v) is 5.97. The summed E-state index contributed by atoms with van der Waals surface area (Å²) in [5, 5.41) is 0. The van der Waals surface area contributed by atoms with Crippen LogP contribution in [0.15, 0.2) is 0 Å². The quantitative estimate of drug-likeness (QED) is 0.836. The van der Waals surface area contributed by atoms with Crippen LogP contribution in [0.2, 0.25) is 0 Å². The maximum absolute atomic E-state index is 12.8. The number of rotatable bonds is 2. The highest BCUT2D eigenvalue weighted by Crippen LogP contribution is 2.31. The van der Waals surface area contributed by atoms with E-state index in [0.717, 1.165) is 32.9 Å². The van der Waals surface area contributed by atoms with Crippen LogP contribution in [0.25, 0.3) is 0 Å². The lowest BCUT2D eigenvalue weighted by Crippen LogP contribution is -2.63. The van der Waals surface area contributed by atoms with Gasteiger partial charge in [0.25, 0.3) is 5.91 Å². The first-order valence-corrected chi connectivity index (χ1v) is 7.12. The van der Waals surface area contributed by atoms with E-state index in [2.05, 4.69) is 4.90 Å². The van der Waals surface area contributed by atoms with Gasteiger partial charge in [-0.05, 0) is 45.7 Å². The van der Waals surface area contributed by atoms with Gasteiger partial charge >= 0.3 is 6.18 Å². The van der Waals surface area contributed by atoms with Crippen molar-refractivity contribution in [3.05, 3.63) is 0 Å². The third-order valence-corrected chi connectivity index (χ3v) is 4.44. The molecule has 0 aliphatic carbocycles. The summed E-state index contributed by atoms with van der Waals surface area (Å²) in [4.78, 5) is 15.6. The van der Waals surface area contributed by atoms with E-state index in [1.54, 1.807) is 0 Å². The van der Waals surface area contributed by atoms with Crippen molar-refractivity contribution in [2.45, 2.75) is 50.4 Å². The van der Waals surface area contributed by atoms with Gasteiger partial charge in [0.05, 0.1) is 0 Å². The number of piperidine rings is 1. The van der Waals surface area contributed by atoms with Crippen molar-refractivity contribution >= 4 is 5.91 Å². The summed E-state index contributed by atoms with van der Waals surface area (Å²) in [6, 6.07) is 0.400. The molecule has 116 valence electrons. The molecule has 0 aromatic heterocycles. The Balaban J connectivity index is 1.91. The highest BCUT2D eigenvalue weighted by atomic mass is 19.4. The molecule has 2 rings (SSSR count). The lowest BCUT2D eigenvalue weighted by atomic mass is 9.97. The van der Waals surface area contributed by atoms with Crippen LogP contribution in [0.1, 0.15) is 32.6 Å². The Hall–Kier alpha value is -0.820. The zero-order chi connectivity index (χ0) is 15.0. The Morgan fingerprint density at radius 3 is 2.05 bits per heavy atom. The number of hydrogen-bond acceptors (Lipinski definition) is 3. The Kier molecular flexibility index (Phi) is 4.30. The van der Waals surface area contributed by atoms with Crippen molar-refractivity contribution in [1.29, 1.82) is 0 Å². The summed E-state index contributed by atoms with van der Waals surface area (Å²) < 4.78 is 38.3. The molecule has 2 aliphatic heterocycles. The molecule has 0 radical (unpaired) electrons. The minimum Gasteiger partial charge on any atom is -0.341 e. The highest BCUT2D eigenvalue weighted by molar-refractivity contribution is 5.86. The molecule has 4 nitrogen and oxygen atoms in total. The summed E-state index contributed by atoms with van der Waals surface area (Å²) in [5.41, 5.74) is 2.41. The predicted molar refractivity (Wildman–Crippen MR) is 69.1 cm³/mol. The van der Waals surface area contributed by atoms with Crippen LogP contribution in [0.5, 0.6) is 0 Å². The molecule has 0 saturated carbocycles. The van der Waals surface area contributed by atoms with Gasteiger partial charge in [0, 0.05) is 19.1 Å². The fourth-order valence-electron chi connectivity index (χ4n) is 2.99. The fraction of sp³-hybridized carbons (Fsp3) is 0.923. The number of nitrogens with zero attached hydrogens (tertiary/aromatic N) is 2. The first-order chi connectivity index (χ1) is 9.23. The summed E-state index contributed by atoms with van der Waals surface area (Å²) in [6.07, 6.45) is -0.864. The molecule has 20 heavy (non-hydrogen) atoms. The minimum absolute atomic E-state index is 0.364. The van der Waals surface area contributed by atoms with Gasteiger partial charge in [-0.2, -0.15) is 13.2 Å². The third-order valence-electron chi connectivity index (χ3n) is 4.44. The SMILES string of the molecule is CC(N)(C(=O)N1CCC(N2CCCC2)CC1)C(F)(F)F. The van der Waals surface area contributed by atoms with Gasteiger partial charge in [0.2, 0.25) is 0 Å². The summed E-state index contributed by atoms with van der Waals surface area (Å²) >= 11 is 0. The molecule has 2 aliphatic rings. The van der Waals surface area contributed by atoms with Crippen LogP contribution in [0, 0.1) is 0 Å². The van der Waals surface area contributed by atoms with Crippen LogP contribution >= 0.6 is 0 Å². The molecule has 0 spiro atoms. The number of carbonyl (C=O) groups excluding carboxylic acids is 1. The highest BCUT2D eigenvalue weighted by Gasteiger charge is 2.55. The third kappa shape index (κ3) is 2.93. The molecule has 0 aromatic carbocycles. The van der Waals surface area contributed by atoms with E-state index in [0.29, 0.717) is 19.1 Å². The zero-order valence-electron chi connectivity index (χ0n) is 11.7. The first-order valence-electron chi connectivity index (χ1n) is 7.12. The zero-order valence-corrected chi connectivity index (χ0v) is 11.7. The van der Waals surface area contributed by atoms with Gasteiger partial charge in [-0.3, -0.25) is 4.79 Å². The number of carbonyl (C=O) groups is 1. The number of alkyl halides is 3. The monoisotopic (exact) mass is 293 g/mol.